The maximum atomic E-state index is 10.9. The topological polar surface area (TPSA) is 43.1 Å². The standard InChI is InChI=1S/C8H7Cl2NO/c1-4(12)5-2-8(11)7(10)3-6(5)9/h2-3H,11H2,1H3. The van der Waals surface area contributed by atoms with Crippen molar-refractivity contribution in [2.45, 2.75) is 6.92 Å². The molecule has 0 aliphatic carbocycles. The molecule has 0 fully saturated rings. The van der Waals surface area contributed by atoms with Crippen molar-refractivity contribution in [3.8, 4) is 0 Å². The van der Waals surface area contributed by atoms with E-state index in [0.717, 1.165) is 0 Å². The van der Waals surface area contributed by atoms with E-state index in [1.165, 1.54) is 19.1 Å². The van der Waals surface area contributed by atoms with Gasteiger partial charge in [0.05, 0.1) is 15.7 Å². The van der Waals surface area contributed by atoms with Crippen LogP contribution in [-0.2, 0) is 0 Å². The fourth-order valence-electron chi connectivity index (χ4n) is 0.836. The molecule has 2 N–H and O–H groups in total. The van der Waals surface area contributed by atoms with E-state index in [4.69, 9.17) is 28.9 Å². The quantitative estimate of drug-likeness (QED) is 0.564. The lowest BCUT2D eigenvalue weighted by Crippen LogP contribution is -1.96. The molecule has 0 atom stereocenters. The van der Waals surface area contributed by atoms with E-state index in [1.54, 1.807) is 0 Å². The van der Waals surface area contributed by atoms with E-state index < -0.39 is 0 Å². The number of Topliss-reactive ketones (excluding diaryl/α,β-unsaturated/α-hetero) is 1. The molecule has 1 aromatic carbocycles. The molecular weight excluding hydrogens is 197 g/mol. The highest BCUT2D eigenvalue weighted by Crippen LogP contribution is 2.27. The fourth-order valence-corrected chi connectivity index (χ4v) is 1.35. The third-order valence-corrected chi connectivity index (χ3v) is 2.11. The van der Waals surface area contributed by atoms with Crippen LogP contribution in [-0.4, -0.2) is 5.78 Å². The van der Waals surface area contributed by atoms with Crippen LogP contribution < -0.4 is 5.73 Å². The summed E-state index contributed by atoms with van der Waals surface area (Å²) >= 11 is 11.4. The third-order valence-electron chi connectivity index (χ3n) is 1.47. The largest absolute Gasteiger partial charge is 0.398 e. The number of ketones is 1. The van der Waals surface area contributed by atoms with Gasteiger partial charge in [-0.15, -0.1) is 0 Å². The fraction of sp³-hybridized carbons (Fsp3) is 0.125. The van der Waals surface area contributed by atoms with Crippen LogP contribution in [0.2, 0.25) is 10.0 Å². The summed E-state index contributed by atoms with van der Waals surface area (Å²) in [7, 11) is 0. The molecule has 0 spiro atoms. The second kappa shape index (κ2) is 3.33. The Morgan fingerprint density at radius 3 is 2.42 bits per heavy atom. The lowest BCUT2D eigenvalue weighted by molar-refractivity contribution is 0.101. The van der Waals surface area contributed by atoms with Gasteiger partial charge in [0.15, 0.2) is 5.78 Å². The number of anilines is 1. The van der Waals surface area contributed by atoms with Gasteiger partial charge in [-0.05, 0) is 19.1 Å². The predicted octanol–water partition coefficient (Wildman–Crippen LogP) is 2.78. The van der Waals surface area contributed by atoms with Crippen LogP contribution >= 0.6 is 23.2 Å². The molecule has 0 unspecified atom stereocenters. The summed E-state index contributed by atoms with van der Waals surface area (Å²) in [4.78, 5) is 10.9. The van der Waals surface area contributed by atoms with E-state index in [0.29, 0.717) is 21.3 Å². The Bertz CT molecular complexity index is 336. The van der Waals surface area contributed by atoms with Crippen LogP contribution in [0.5, 0.6) is 0 Å². The van der Waals surface area contributed by atoms with Crippen LogP contribution in [0, 0.1) is 0 Å². The summed E-state index contributed by atoms with van der Waals surface area (Å²) in [6.07, 6.45) is 0. The molecule has 0 saturated carbocycles. The first-order chi connectivity index (χ1) is 5.52. The zero-order chi connectivity index (χ0) is 9.30. The summed E-state index contributed by atoms with van der Waals surface area (Å²) in [5.41, 5.74) is 6.25. The number of halogens is 2. The second-order valence-corrected chi connectivity index (χ2v) is 3.22. The summed E-state index contributed by atoms with van der Waals surface area (Å²) in [5, 5.41) is 0.701. The second-order valence-electron chi connectivity index (χ2n) is 2.41. The highest BCUT2D eigenvalue weighted by Gasteiger charge is 2.08. The van der Waals surface area contributed by atoms with Crippen molar-refractivity contribution < 1.29 is 4.79 Å². The third kappa shape index (κ3) is 1.71. The first-order valence-corrected chi connectivity index (χ1v) is 4.03. The molecule has 12 heavy (non-hydrogen) atoms. The molecule has 1 rings (SSSR count). The maximum Gasteiger partial charge on any atom is 0.161 e. The van der Waals surface area contributed by atoms with Gasteiger partial charge in [0, 0.05) is 5.56 Å². The van der Waals surface area contributed by atoms with E-state index in [1.807, 2.05) is 0 Å². The zero-order valence-corrected chi connectivity index (χ0v) is 7.91. The molecule has 0 aliphatic heterocycles. The molecule has 0 bridgehead atoms. The Morgan fingerprint density at radius 2 is 1.92 bits per heavy atom. The molecular formula is C8H7Cl2NO. The van der Waals surface area contributed by atoms with Gasteiger partial charge in [0.2, 0.25) is 0 Å². The molecule has 0 amide bonds. The molecule has 2 nitrogen and oxygen atoms in total. The summed E-state index contributed by atoms with van der Waals surface area (Å²) in [5.74, 6) is -0.122. The van der Waals surface area contributed by atoms with Crippen molar-refractivity contribution >= 4 is 34.7 Å². The number of carbonyl (C=O) groups is 1. The Hall–Kier alpha value is -0.730. The van der Waals surface area contributed by atoms with Crippen molar-refractivity contribution in [3.05, 3.63) is 27.7 Å². The Balaban J connectivity index is 3.33. The lowest BCUT2D eigenvalue weighted by Gasteiger charge is -2.02. The number of nitrogens with two attached hydrogens (primary N) is 1. The Kier molecular flexibility index (Phi) is 2.60. The average Bonchev–Trinajstić information content (AvgIpc) is 1.96. The van der Waals surface area contributed by atoms with Crippen molar-refractivity contribution in [3.63, 3.8) is 0 Å². The van der Waals surface area contributed by atoms with Crippen LogP contribution in [0.3, 0.4) is 0 Å². The van der Waals surface area contributed by atoms with E-state index >= 15 is 0 Å². The smallest absolute Gasteiger partial charge is 0.161 e. The molecule has 1 aromatic rings. The maximum absolute atomic E-state index is 10.9. The molecule has 0 aliphatic rings. The first kappa shape index (κ1) is 9.36. The van der Waals surface area contributed by atoms with Crippen LogP contribution in [0.1, 0.15) is 17.3 Å². The van der Waals surface area contributed by atoms with Crippen LogP contribution in [0.25, 0.3) is 0 Å². The summed E-state index contributed by atoms with van der Waals surface area (Å²) in [6, 6.07) is 2.95. The van der Waals surface area contributed by atoms with Gasteiger partial charge in [-0.25, -0.2) is 0 Å². The number of hydrogen-bond donors (Lipinski definition) is 1. The highest BCUT2D eigenvalue weighted by molar-refractivity contribution is 6.38. The minimum absolute atomic E-state index is 0.122. The number of hydrogen-bond acceptors (Lipinski definition) is 2. The van der Waals surface area contributed by atoms with E-state index in [-0.39, 0.29) is 5.78 Å². The molecule has 0 aromatic heterocycles. The first-order valence-electron chi connectivity index (χ1n) is 3.28. The molecule has 0 saturated heterocycles. The minimum Gasteiger partial charge on any atom is -0.398 e. The van der Waals surface area contributed by atoms with Crippen molar-refractivity contribution in [1.29, 1.82) is 0 Å². The number of carbonyl (C=O) groups excluding carboxylic acids is 1. The van der Waals surface area contributed by atoms with Gasteiger partial charge in [0.1, 0.15) is 0 Å². The Morgan fingerprint density at radius 1 is 1.33 bits per heavy atom. The normalized spacial score (nSPS) is 9.92. The highest BCUT2D eigenvalue weighted by atomic mass is 35.5. The number of nitrogen functional groups attached to an aromatic ring is 1. The number of rotatable bonds is 1. The van der Waals surface area contributed by atoms with E-state index in [9.17, 15) is 4.79 Å². The summed E-state index contributed by atoms with van der Waals surface area (Å²) in [6.45, 7) is 1.43. The van der Waals surface area contributed by atoms with Gasteiger partial charge >= 0.3 is 0 Å². The van der Waals surface area contributed by atoms with Gasteiger partial charge in [0.25, 0.3) is 0 Å². The average molecular weight is 204 g/mol. The minimum atomic E-state index is -0.122. The Labute approximate surface area is 80.3 Å². The van der Waals surface area contributed by atoms with Crippen molar-refractivity contribution in [2.75, 3.05) is 5.73 Å². The number of benzene rings is 1. The monoisotopic (exact) mass is 203 g/mol. The molecule has 64 valence electrons. The molecule has 0 heterocycles. The van der Waals surface area contributed by atoms with Crippen LogP contribution in [0.4, 0.5) is 5.69 Å². The lowest BCUT2D eigenvalue weighted by atomic mass is 10.1. The molecule has 0 radical (unpaired) electrons. The van der Waals surface area contributed by atoms with Crippen molar-refractivity contribution in [2.24, 2.45) is 0 Å². The van der Waals surface area contributed by atoms with E-state index in [2.05, 4.69) is 0 Å². The van der Waals surface area contributed by atoms with Crippen molar-refractivity contribution in [1.82, 2.24) is 0 Å². The van der Waals surface area contributed by atoms with Gasteiger partial charge in [-0.3, -0.25) is 4.79 Å². The van der Waals surface area contributed by atoms with Gasteiger partial charge in [-0.2, -0.15) is 0 Å². The SMILES string of the molecule is CC(=O)c1cc(N)c(Cl)cc1Cl. The molecule has 4 heteroatoms. The van der Waals surface area contributed by atoms with Crippen LogP contribution in [0.15, 0.2) is 12.1 Å². The predicted molar refractivity (Wildman–Crippen MR) is 50.9 cm³/mol. The summed E-state index contributed by atoms with van der Waals surface area (Å²) < 4.78 is 0. The zero-order valence-electron chi connectivity index (χ0n) is 6.40. The van der Waals surface area contributed by atoms with Gasteiger partial charge in [-0.1, -0.05) is 23.2 Å². The van der Waals surface area contributed by atoms with Gasteiger partial charge < -0.3 is 5.73 Å².